The van der Waals surface area contributed by atoms with Gasteiger partial charge in [-0.1, -0.05) is 69.6 Å². The number of carboxylic acid groups (broad SMARTS) is 1. The first kappa shape index (κ1) is 21.4. The Morgan fingerprint density at radius 2 is 1.84 bits per heavy atom. The van der Waals surface area contributed by atoms with E-state index in [1.165, 1.54) is 64.4 Å². The highest BCUT2D eigenvalue weighted by atomic mass is 16.4. The van der Waals surface area contributed by atoms with Gasteiger partial charge >= 0.3 is 5.97 Å². The van der Waals surface area contributed by atoms with Crippen molar-refractivity contribution in [1.82, 2.24) is 5.32 Å². The molecule has 0 saturated heterocycles. The number of aliphatic hydroxyl groups excluding tert-OH is 1. The number of aliphatic carboxylic acids is 1. The summed E-state index contributed by atoms with van der Waals surface area (Å²) >= 11 is 0. The van der Waals surface area contributed by atoms with Gasteiger partial charge in [-0.15, -0.1) is 0 Å². The van der Waals surface area contributed by atoms with Crippen LogP contribution in [0.5, 0.6) is 0 Å². The molecule has 0 aromatic carbocycles. The van der Waals surface area contributed by atoms with Crippen molar-refractivity contribution in [2.45, 2.75) is 83.3 Å². The molecule has 0 aromatic rings. The van der Waals surface area contributed by atoms with E-state index in [0.29, 0.717) is 0 Å². The van der Waals surface area contributed by atoms with Gasteiger partial charge in [0.2, 0.25) is 5.91 Å². The average molecular weight is 351 g/mol. The van der Waals surface area contributed by atoms with E-state index < -0.39 is 24.0 Å². The largest absolute Gasteiger partial charge is 0.480 e. The fraction of sp³-hybridized carbons (Fsp3) is 0.700. The fourth-order valence-electron chi connectivity index (χ4n) is 3.26. The molecule has 0 aromatic heterocycles. The van der Waals surface area contributed by atoms with Gasteiger partial charge in [-0.3, -0.25) is 4.79 Å². The molecule has 25 heavy (non-hydrogen) atoms. The molecule has 1 rings (SSSR count). The summed E-state index contributed by atoms with van der Waals surface area (Å²) in [5.41, 5.74) is 0. The number of hydrogen-bond acceptors (Lipinski definition) is 3. The fourth-order valence-corrected chi connectivity index (χ4v) is 3.26. The van der Waals surface area contributed by atoms with Crippen molar-refractivity contribution in [2.24, 2.45) is 5.92 Å². The molecule has 0 heterocycles. The Balaban J connectivity index is 2.08. The maximum atomic E-state index is 11.6. The van der Waals surface area contributed by atoms with E-state index in [1.54, 1.807) is 12.2 Å². The van der Waals surface area contributed by atoms with Crippen molar-refractivity contribution >= 4 is 11.9 Å². The monoisotopic (exact) mass is 351 g/mol. The molecule has 142 valence electrons. The molecule has 0 aliphatic heterocycles. The van der Waals surface area contributed by atoms with Gasteiger partial charge in [0.05, 0.1) is 6.10 Å². The Kier molecular flexibility index (Phi) is 10.9. The minimum atomic E-state index is -1.29. The van der Waals surface area contributed by atoms with Crippen molar-refractivity contribution in [3.05, 3.63) is 24.3 Å². The Morgan fingerprint density at radius 1 is 1.12 bits per heavy atom. The van der Waals surface area contributed by atoms with Gasteiger partial charge < -0.3 is 15.5 Å². The van der Waals surface area contributed by atoms with E-state index in [-0.39, 0.29) is 0 Å². The van der Waals surface area contributed by atoms with E-state index in [1.807, 2.05) is 6.08 Å². The SMILES string of the molecule is C[C@@H](O)[C@H](NC(=O)/C=C/C=C/CCCCCC1CCCCC1)C(=O)O. The van der Waals surface area contributed by atoms with Crippen LogP contribution in [0.2, 0.25) is 0 Å². The smallest absolute Gasteiger partial charge is 0.328 e. The molecular formula is C20H33NO4. The number of amides is 1. The van der Waals surface area contributed by atoms with Gasteiger partial charge in [0.25, 0.3) is 0 Å². The molecule has 0 bridgehead atoms. The highest BCUT2D eigenvalue weighted by Gasteiger charge is 2.23. The highest BCUT2D eigenvalue weighted by Crippen LogP contribution is 2.27. The molecule has 0 unspecified atom stereocenters. The zero-order chi connectivity index (χ0) is 18.5. The molecule has 5 nitrogen and oxygen atoms in total. The van der Waals surface area contributed by atoms with Crippen LogP contribution in [0.25, 0.3) is 0 Å². The lowest BCUT2D eigenvalue weighted by atomic mass is 9.85. The van der Waals surface area contributed by atoms with Crippen LogP contribution in [0, 0.1) is 5.92 Å². The van der Waals surface area contributed by atoms with Crippen LogP contribution >= 0.6 is 0 Å². The molecule has 0 radical (unpaired) electrons. The number of allylic oxidation sites excluding steroid dienone is 3. The predicted octanol–water partition coefficient (Wildman–Crippen LogP) is 3.58. The van der Waals surface area contributed by atoms with Crippen LogP contribution in [0.15, 0.2) is 24.3 Å². The number of carbonyl (C=O) groups is 2. The number of aliphatic hydroxyl groups is 1. The third-order valence-electron chi connectivity index (χ3n) is 4.75. The molecular weight excluding hydrogens is 318 g/mol. The molecule has 1 amide bonds. The minimum Gasteiger partial charge on any atom is -0.480 e. The van der Waals surface area contributed by atoms with Gasteiger partial charge in [-0.05, 0) is 25.7 Å². The summed E-state index contributed by atoms with van der Waals surface area (Å²) in [6.45, 7) is 1.33. The number of nitrogens with one attached hydrogen (secondary N) is 1. The van der Waals surface area contributed by atoms with Crippen molar-refractivity contribution in [1.29, 1.82) is 0 Å². The normalized spacial score (nSPS) is 18.5. The van der Waals surface area contributed by atoms with E-state index >= 15 is 0 Å². The zero-order valence-electron chi connectivity index (χ0n) is 15.3. The van der Waals surface area contributed by atoms with Gasteiger partial charge in [-0.2, -0.15) is 0 Å². The van der Waals surface area contributed by atoms with Gasteiger partial charge in [-0.25, -0.2) is 4.79 Å². The summed E-state index contributed by atoms with van der Waals surface area (Å²) in [6.07, 6.45) is 18.7. The van der Waals surface area contributed by atoms with Crippen molar-refractivity contribution in [2.75, 3.05) is 0 Å². The number of unbranched alkanes of at least 4 members (excludes halogenated alkanes) is 3. The molecule has 0 spiro atoms. The Labute approximate surface area is 151 Å². The second kappa shape index (κ2) is 12.7. The van der Waals surface area contributed by atoms with Crippen LogP contribution in [-0.2, 0) is 9.59 Å². The summed E-state index contributed by atoms with van der Waals surface area (Å²) < 4.78 is 0. The third kappa shape index (κ3) is 10.1. The van der Waals surface area contributed by atoms with E-state index in [2.05, 4.69) is 5.32 Å². The van der Waals surface area contributed by atoms with Crippen LogP contribution < -0.4 is 5.32 Å². The average Bonchev–Trinajstić information content (AvgIpc) is 2.58. The summed E-state index contributed by atoms with van der Waals surface area (Å²) in [5, 5.41) is 20.4. The Bertz CT molecular complexity index is 451. The molecule has 1 aliphatic rings. The van der Waals surface area contributed by atoms with Crippen LogP contribution in [0.4, 0.5) is 0 Å². The third-order valence-corrected chi connectivity index (χ3v) is 4.75. The summed E-state index contributed by atoms with van der Waals surface area (Å²) in [7, 11) is 0. The molecule has 1 fully saturated rings. The van der Waals surface area contributed by atoms with E-state index in [9.17, 15) is 14.7 Å². The van der Waals surface area contributed by atoms with E-state index in [4.69, 9.17) is 5.11 Å². The second-order valence-corrected chi connectivity index (χ2v) is 6.99. The molecule has 2 atom stereocenters. The second-order valence-electron chi connectivity index (χ2n) is 6.99. The molecule has 1 saturated carbocycles. The number of carboxylic acids is 1. The first-order chi connectivity index (χ1) is 12.0. The summed E-state index contributed by atoms with van der Waals surface area (Å²) in [4.78, 5) is 22.4. The topological polar surface area (TPSA) is 86.6 Å². The first-order valence-corrected chi connectivity index (χ1v) is 9.55. The van der Waals surface area contributed by atoms with Crippen LogP contribution in [0.1, 0.15) is 71.1 Å². The lowest BCUT2D eigenvalue weighted by Gasteiger charge is -2.21. The number of rotatable bonds is 11. The lowest BCUT2D eigenvalue weighted by molar-refractivity contribution is -0.144. The predicted molar refractivity (Wildman–Crippen MR) is 99.2 cm³/mol. The maximum Gasteiger partial charge on any atom is 0.328 e. The number of hydrogen-bond donors (Lipinski definition) is 3. The first-order valence-electron chi connectivity index (χ1n) is 9.55. The summed E-state index contributed by atoms with van der Waals surface area (Å²) in [5.74, 6) is -0.812. The standard InChI is InChI=1S/C20H33NO4/c1-16(22)19(20(24)25)21-18(23)15-11-6-4-2-3-5-8-12-17-13-9-7-10-14-17/h4,6,11,15-17,19,22H,2-3,5,7-10,12-14H2,1H3,(H,21,23)(H,24,25)/b6-4+,15-11+/t16-,19+/m1/s1. The van der Waals surface area contributed by atoms with Gasteiger partial charge in [0.1, 0.15) is 0 Å². The Morgan fingerprint density at radius 3 is 2.48 bits per heavy atom. The lowest BCUT2D eigenvalue weighted by Crippen LogP contribution is -2.47. The molecule has 1 aliphatic carbocycles. The van der Waals surface area contributed by atoms with Crippen molar-refractivity contribution < 1.29 is 19.8 Å². The molecule has 3 N–H and O–H groups in total. The maximum absolute atomic E-state index is 11.6. The highest BCUT2D eigenvalue weighted by molar-refractivity contribution is 5.91. The quantitative estimate of drug-likeness (QED) is 0.302. The van der Waals surface area contributed by atoms with Crippen LogP contribution in [-0.4, -0.2) is 34.2 Å². The van der Waals surface area contributed by atoms with Gasteiger partial charge in [0, 0.05) is 6.08 Å². The van der Waals surface area contributed by atoms with E-state index in [0.717, 1.165) is 18.8 Å². The van der Waals surface area contributed by atoms with Crippen molar-refractivity contribution in [3.63, 3.8) is 0 Å². The van der Waals surface area contributed by atoms with Gasteiger partial charge in [0.15, 0.2) is 6.04 Å². The minimum absolute atomic E-state index is 0.523. The zero-order valence-corrected chi connectivity index (χ0v) is 15.3. The van der Waals surface area contributed by atoms with Crippen LogP contribution in [0.3, 0.4) is 0 Å². The molecule has 5 heteroatoms. The van der Waals surface area contributed by atoms with Crippen molar-refractivity contribution in [3.8, 4) is 0 Å². The summed E-state index contributed by atoms with van der Waals surface area (Å²) in [6, 6.07) is -1.29. The Hall–Kier alpha value is -1.62. The number of carbonyl (C=O) groups excluding carboxylic acids is 1.